The molecule has 1 aliphatic rings. The van der Waals surface area contributed by atoms with Crippen molar-refractivity contribution in [2.75, 3.05) is 19.6 Å². The maximum Gasteiger partial charge on any atom is 0.328 e. The Morgan fingerprint density at radius 3 is 2.35 bits per heavy atom. The molecule has 0 aromatic carbocycles. The van der Waals surface area contributed by atoms with Crippen molar-refractivity contribution in [3.05, 3.63) is 0 Å². The zero-order chi connectivity index (χ0) is 15.4. The van der Waals surface area contributed by atoms with E-state index < -0.39 is 36.0 Å². The number of aliphatic hydroxyl groups excluding tert-OH is 1. The predicted molar refractivity (Wildman–Crippen MR) is 65.6 cm³/mol. The molecule has 0 aliphatic carbocycles. The van der Waals surface area contributed by atoms with Crippen LogP contribution >= 0.6 is 0 Å². The molecular weight excluding hydrogens is 270 g/mol. The lowest BCUT2D eigenvalue weighted by atomic mass is 10.2. The number of amides is 4. The van der Waals surface area contributed by atoms with Crippen LogP contribution in [0.3, 0.4) is 0 Å². The average molecular weight is 287 g/mol. The molecule has 9 nitrogen and oxygen atoms in total. The number of carbonyl (C=O) groups is 4. The number of piperazine rings is 1. The fraction of sp³-hybridized carbons (Fsp3) is 0.636. The minimum atomic E-state index is -1.55. The highest BCUT2D eigenvalue weighted by Crippen LogP contribution is 2.06. The van der Waals surface area contributed by atoms with Gasteiger partial charge >= 0.3 is 23.8 Å². The number of rotatable bonds is 4. The number of hydrogen-bond donors (Lipinski definition) is 3. The second-order valence-electron chi connectivity index (χ2n) is 4.35. The van der Waals surface area contributed by atoms with E-state index in [1.807, 2.05) is 5.32 Å². The van der Waals surface area contributed by atoms with E-state index in [1.165, 1.54) is 11.8 Å². The van der Waals surface area contributed by atoms with E-state index in [2.05, 4.69) is 0 Å². The average Bonchev–Trinajstić information content (AvgIpc) is 2.38. The van der Waals surface area contributed by atoms with Gasteiger partial charge in [-0.05, 0) is 13.8 Å². The van der Waals surface area contributed by atoms with Crippen LogP contribution in [0.5, 0.6) is 0 Å². The molecule has 1 heterocycles. The molecule has 0 bridgehead atoms. The minimum absolute atomic E-state index is 0.0175. The van der Waals surface area contributed by atoms with Crippen LogP contribution in [0.4, 0.5) is 4.79 Å². The van der Waals surface area contributed by atoms with Crippen molar-refractivity contribution in [2.45, 2.75) is 26.0 Å². The molecule has 4 amide bonds. The van der Waals surface area contributed by atoms with Crippen LogP contribution in [-0.4, -0.2) is 75.6 Å². The maximum atomic E-state index is 11.8. The fourth-order valence-corrected chi connectivity index (χ4v) is 1.77. The molecule has 0 unspecified atom stereocenters. The lowest BCUT2D eigenvalue weighted by Crippen LogP contribution is -2.60. The Morgan fingerprint density at radius 2 is 1.90 bits per heavy atom. The van der Waals surface area contributed by atoms with Crippen molar-refractivity contribution in [3.63, 3.8) is 0 Å². The number of aliphatic carboxylic acids is 1. The van der Waals surface area contributed by atoms with Crippen LogP contribution in [0, 0.1) is 0 Å². The Bertz CT molecular complexity index is 436. The van der Waals surface area contributed by atoms with Crippen LogP contribution in [0.1, 0.15) is 13.8 Å². The summed E-state index contributed by atoms with van der Waals surface area (Å²) in [6.07, 6.45) is -1.33. The van der Waals surface area contributed by atoms with Gasteiger partial charge in [-0.1, -0.05) is 0 Å². The van der Waals surface area contributed by atoms with Crippen LogP contribution < -0.4 is 5.32 Å². The Labute approximate surface area is 115 Å². The van der Waals surface area contributed by atoms with Gasteiger partial charge in [0.05, 0.1) is 6.10 Å². The number of likely N-dealkylation sites (N-methyl/N-ethyl adjacent to an activating group) is 1. The van der Waals surface area contributed by atoms with E-state index in [0.717, 1.165) is 0 Å². The first kappa shape index (κ1) is 15.9. The summed E-state index contributed by atoms with van der Waals surface area (Å²) in [5.74, 6) is -3.25. The first-order valence-electron chi connectivity index (χ1n) is 6.11. The SMILES string of the molecule is CCN1CCN(C(=O)N[C@H](C(=O)O)[C@@H](C)O)C(=O)C1=O. The number of nitrogens with zero attached hydrogens (tertiary/aromatic N) is 2. The zero-order valence-corrected chi connectivity index (χ0v) is 11.2. The van der Waals surface area contributed by atoms with Gasteiger partial charge in [0, 0.05) is 19.6 Å². The molecule has 1 fully saturated rings. The minimum Gasteiger partial charge on any atom is -0.480 e. The Morgan fingerprint density at radius 1 is 1.30 bits per heavy atom. The van der Waals surface area contributed by atoms with Crippen LogP contribution in [0.15, 0.2) is 0 Å². The second kappa shape index (κ2) is 6.33. The molecule has 1 saturated heterocycles. The van der Waals surface area contributed by atoms with Gasteiger partial charge in [-0.3, -0.25) is 14.5 Å². The number of nitrogens with one attached hydrogen (secondary N) is 1. The number of carbonyl (C=O) groups excluding carboxylic acids is 3. The molecule has 3 N–H and O–H groups in total. The van der Waals surface area contributed by atoms with E-state index in [9.17, 15) is 24.3 Å². The number of imide groups is 1. The summed E-state index contributed by atoms with van der Waals surface area (Å²) < 4.78 is 0. The fourth-order valence-electron chi connectivity index (χ4n) is 1.77. The Kier molecular flexibility index (Phi) is 5.03. The Hall–Kier alpha value is -2.16. The van der Waals surface area contributed by atoms with Crippen molar-refractivity contribution in [2.24, 2.45) is 0 Å². The van der Waals surface area contributed by atoms with Gasteiger partial charge < -0.3 is 20.4 Å². The van der Waals surface area contributed by atoms with Gasteiger partial charge in [-0.25, -0.2) is 9.59 Å². The molecular formula is C11H17N3O6. The summed E-state index contributed by atoms with van der Waals surface area (Å²) in [7, 11) is 0. The molecule has 0 saturated carbocycles. The van der Waals surface area contributed by atoms with Gasteiger partial charge in [0.1, 0.15) is 0 Å². The maximum absolute atomic E-state index is 11.8. The van der Waals surface area contributed by atoms with Crippen molar-refractivity contribution >= 4 is 23.8 Å². The number of hydrogen-bond acceptors (Lipinski definition) is 5. The van der Waals surface area contributed by atoms with Gasteiger partial charge in [0.15, 0.2) is 6.04 Å². The highest BCUT2D eigenvalue weighted by molar-refractivity contribution is 6.38. The van der Waals surface area contributed by atoms with Gasteiger partial charge in [0.2, 0.25) is 0 Å². The van der Waals surface area contributed by atoms with E-state index in [0.29, 0.717) is 11.4 Å². The number of carboxylic acids is 1. The highest BCUT2D eigenvalue weighted by atomic mass is 16.4. The summed E-state index contributed by atoms with van der Waals surface area (Å²) in [6.45, 7) is 3.43. The van der Waals surface area contributed by atoms with Crippen molar-refractivity contribution < 1.29 is 29.4 Å². The van der Waals surface area contributed by atoms with Crippen molar-refractivity contribution in [1.29, 1.82) is 0 Å². The van der Waals surface area contributed by atoms with Crippen LogP contribution in [0.2, 0.25) is 0 Å². The van der Waals surface area contributed by atoms with E-state index in [4.69, 9.17) is 5.11 Å². The van der Waals surface area contributed by atoms with Crippen LogP contribution in [-0.2, 0) is 14.4 Å². The lowest BCUT2D eigenvalue weighted by Gasteiger charge is -2.32. The molecule has 112 valence electrons. The topological polar surface area (TPSA) is 127 Å². The third-order valence-corrected chi connectivity index (χ3v) is 2.96. The van der Waals surface area contributed by atoms with Crippen LogP contribution in [0.25, 0.3) is 0 Å². The number of urea groups is 1. The Balaban J connectivity index is 2.76. The molecule has 20 heavy (non-hydrogen) atoms. The summed E-state index contributed by atoms with van der Waals surface area (Å²) in [5.41, 5.74) is 0. The molecule has 0 radical (unpaired) electrons. The van der Waals surface area contributed by atoms with Gasteiger partial charge in [-0.2, -0.15) is 0 Å². The van der Waals surface area contributed by atoms with E-state index >= 15 is 0 Å². The van der Waals surface area contributed by atoms with E-state index in [-0.39, 0.29) is 13.1 Å². The molecule has 2 atom stereocenters. The molecule has 1 aliphatic heterocycles. The van der Waals surface area contributed by atoms with Gasteiger partial charge in [0.25, 0.3) is 0 Å². The largest absolute Gasteiger partial charge is 0.480 e. The summed E-state index contributed by atoms with van der Waals surface area (Å²) in [4.78, 5) is 47.9. The third kappa shape index (κ3) is 3.23. The monoisotopic (exact) mass is 287 g/mol. The number of carboxylic acid groups (broad SMARTS) is 1. The molecule has 0 aromatic heterocycles. The third-order valence-electron chi connectivity index (χ3n) is 2.96. The summed E-state index contributed by atoms with van der Waals surface area (Å²) >= 11 is 0. The lowest BCUT2D eigenvalue weighted by molar-refractivity contribution is -0.153. The second-order valence-corrected chi connectivity index (χ2v) is 4.35. The molecule has 0 aromatic rings. The zero-order valence-electron chi connectivity index (χ0n) is 11.2. The first-order chi connectivity index (χ1) is 9.29. The van der Waals surface area contributed by atoms with Crippen molar-refractivity contribution in [3.8, 4) is 0 Å². The standard InChI is InChI=1S/C11H17N3O6/c1-3-13-4-5-14(9(17)8(13)16)11(20)12-7(6(2)15)10(18)19/h6-7,15H,3-5H2,1-2H3,(H,12,20)(H,18,19)/t6-,7+/m1/s1. The molecule has 9 heteroatoms. The summed E-state index contributed by atoms with van der Waals surface area (Å²) in [6, 6.07) is -2.55. The highest BCUT2D eigenvalue weighted by Gasteiger charge is 2.37. The van der Waals surface area contributed by atoms with E-state index in [1.54, 1.807) is 6.92 Å². The molecule has 1 rings (SSSR count). The number of aliphatic hydroxyl groups is 1. The quantitative estimate of drug-likeness (QED) is 0.525. The first-order valence-corrected chi connectivity index (χ1v) is 6.11. The smallest absolute Gasteiger partial charge is 0.328 e. The van der Waals surface area contributed by atoms with Crippen molar-refractivity contribution in [1.82, 2.24) is 15.1 Å². The predicted octanol–water partition coefficient (Wildman–Crippen LogP) is -1.78. The summed E-state index contributed by atoms with van der Waals surface area (Å²) in [5, 5.41) is 20.1. The normalized spacial score (nSPS) is 18.8. The molecule has 0 spiro atoms. The van der Waals surface area contributed by atoms with Gasteiger partial charge in [-0.15, -0.1) is 0 Å².